The molecule has 0 saturated carbocycles. The monoisotopic (exact) mass is 401 g/mol. The van der Waals surface area contributed by atoms with E-state index in [0.717, 1.165) is 44.5 Å². The third-order valence-corrected chi connectivity index (χ3v) is 4.92. The third-order valence-electron chi connectivity index (χ3n) is 4.92. The average Bonchev–Trinajstić information content (AvgIpc) is 2.92. The largest absolute Gasteiger partial charge is 0.507 e. The number of aryl methyl sites for hydroxylation is 2. The Morgan fingerprint density at radius 2 is 1.86 bits per heavy atom. The van der Waals surface area contributed by atoms with Gasteiger partial charge in [0.1, 0.15) is 5.75 Å². The number of nitrogens with one attached hydrogen (secondary N) is 2. The molecule has 0 spiro atoms. The van der Waals surface area contributed by atoms with Crippen LogP contribution in [0.3, 0.4) is 0 Å². The molecule has 3 aromatic rings. The summed E-state index contributed by atoms with van der Waals surface area (Å²) >= 11 is 0. The van der Waals surface area contributed by atoms with Crippen molar-refractivity contribution < 1.29 is 9.90 Å². The number of nitrogens with two attached hydrogens (primary N) is 1. The minimum absolute atomic E-state index is 0. The normalized spacial score (nSPS) is 11.4. The molecule has 1 aromatic heterocycles. The van der Waals surface area contributed by atoms with Crippen molar-refractivity contribution in [1.82, 2.24) is 4.98 Å². The van der Waals surface area contributed by atoms with Gasteiger partial charge in [0.15, 0.2) is 0 Å². The summed E-state index contributed by atoms with van der Waals surface area (Å²) in [5.41, 5.74) is 11.9. The SMILES string of the molecule is Cc1cc(-c2[nH]c3ccc(NC(=O)CN)cc3c2C)cc(C(C)(C)C)c1O.Cl. The summed E-state index contributed by atoms with van der Waals surface area (Å²) in [5, 5.41) is 14.3. The predicted octanol–water partition coefficient (Wildman–Crippen LogP) is 4.77. The second-order valence-corrected chi connectivity index (χ2v) is 8.08. The summed E-state index contributed by atoms with van der Waals surface area (Å²) in [6.45, 7) is 10.2. The van der Waals surface area contributed by atoms with Crippen molar-refractivity contribution >= 4 is 34.9 Å². The van der Waals surface area contributed by atoms with Crippen LogP contribution in [-0.4, -0.2) is 22.5 Å². The van der Waals surface area contributed by atoms with E-state index < -0.39 is 0 Å². The lowest BCUT2D eigenvalue weighted by Gasteiger charge is -2.22. The highest BCUT2D eigenvalue weighted by atomic mass is 35.5. The molecule has 1 amide bonds. The van der Waals surface area contributed by atoms with Crippen LogP contribution in [0.25, 0.3) is 22.2 Å². The molecule has 150 valence electrons. The van der Waals surface area contributed by atoms with E-state index in [9.17, 15) is 9.90 Å². The van der Waals surface area contributed by atoms with E-state index in [1.807, 2.05) is 31.2 Å². The number of H-pyrrole nitrogens is 1. The quantitative estimate of drug-likeness (QED) is 0.509. The fraction of sp³-hybridized carbons (Fsp3) is 0.318. The number of aromatic nitrogens is 1. The molecule has 0 aliphatic rings. The van der Waals surface area contributed by atoms with Gasteiger partial charge in [0, 0.05) is 27.8 Å². The van der Waals surface area contributed by atoms with Crippen LogP contribution in [-0.2, 0) is 10.2 Å². The van der Waals surface area contributed by atoms with Crippen LogP contribution in [0.1, 0.15) is 37.5 Å². The van der Waals surface area contributed by atoms with Gasteiger partial charge >= 0.3 is 0 Å². The second kappa shape index (κ2) is 7.86. The number of halogens is 1. The van der Waals surface area contributed by atoms with Crippen LogP contribution in [0, 0.1) is 13.8 Å². The number of anilines is 1. The Labute approximate surface area is 171 Å². The Balaban J connectivity index is 0.00000280. The first-order valence-electron chi connectivity index (χ1n) is 9.08. The number of carbonyl (C=O) groups excluding carboxylic acids is 1. The van der Waals surface area contributed by atoms with E-state index in [0.29, 0.717) is 5.75 Å². The zero-order chi connectivity index (χ0) is 19.9. The molecule has 0 saturated heterocycles. The molecule has 0 aliphatic heterocycles. The number of rotatable bonds is 3. The number of carbonyl (C=O) groups is 1. The first-order valence-corrected chi connectivity index (χ1v) is 9.08. The molecule has 28 heavy (non-hydrogen) atoms. The first-order chi connectivity index (χ1) is 12.6. The maximum Gasteiger partial charge on any atom is 0.238 e. The minimum atomic E-state index is -0.216. The molecule has 0 aliphatic carbocycles. The summed E-state index contributed by atoms with van der Waals surface area (Å²) in [4.78, 5) is 15.0. The number of hydrogen-bond donors (Lipinski definition) is 4. The van der Waals surface area contributed by atoms with E-state index in [2.05, 4.69) is 44.1 Å². The van der Waals surface area contributed by atoms with Crippen molar-refractivity contribution in [2.24, 2.45) is 5.73 Å². The number of hydrogen-bond acceptors (Lipinski definition) is 3. The summed E-state index contributed by atoms with van der Waals surface area (Å²) < 4.78 is 0. The fourth-order valence-electron chi connectivity index (χ4n) is 3.40. The van der Waals surface area contributed by atoms with Gasteiger partial charge in [-0.15, -0.1) is 12.4 Å². The predicted molar refractivity (Wildman–Crippen MR) is 119 cm³/mol. The molecule has 2 aromatic carbocycles. The Hall–Kier alpha value is -2.50. The zero-order valence-corrected chi connectivity index (χ0v) is 17.8. The first kappa shape index (κ1) is 21.8. The Morgan fingerprint density at radius 3 is 2.46 bits per heavy atom. The Morgan fingerprint density at radius 1 is 1.18 bits per heavy atom. The molecule has 6 heteroatoms. The molecule has 5 nitrogen and oxygen atoms in total. The number of phenolic OH excluding ortho intramolecular Hbond substituents is 1. The summed E-state index contributed by atoms with van der Waals surface area (Å²) in [6.07, 6.45) is 0. The number of benzene rings is 2. The highest BCUT2D eigenvalue weighted by Gasteiger charge is 2.21. The van der Waals surface area contributed by atoms with Crippen LogP contribution in [0.2, 0.25) is 0 Å². The van der Waals surface area contributed by atoms with Crippen molar-refractivity contribution in [3.8, 4) is 17.0 Å². The van der Waals surface area contributed by atoms with Crippen LogP contribution < -0.4 is 11.1 Å². The van der Waals surface area contributed by atoms with Crippen LogP contribution in [0.5, 0.6) is 5.75 Å². The highest BCUT2D eigenvalue weighted by Crippen LogP contribution is 2.39. The van der Waals surface area contributed by atoms with Crippen molar-refractivity contribution in [2.45, 2.75) is 40.0 Å². The van der Waals surface area contributed by atoms with Crippen LogP contribution in [0.4, 0.5) is 5.69 Å². The number of fused-ring (bicyclic) bond motifs is 1. The van der Waals surface area contributed by atoms with E-state index in [-0.39, 0.29) is 30.3 Å². The molecule has 1 heterocycles. The van der Waals surface area contributed by atoms with Gasteiger partial charge in [-0.1, -0.05) is 20.8 Å². The average molecular weight is 402 g/mol. The fourth-order valence-corrected chi connectivity index (χ4v) is 3.40. The van der Waals surface area contributed by atoms with E-state index >= 15 is 0 Å². The van der Waals surface area contributed by atoms with Crippen molar-refractivity contribution in [3.63, 3.8) is 0 Å². The second-order valence-electron chi connectivity index (χ2n) is 8.08. The van der Waals surface area contributed by atoms with Gasteiger partial charge in [0.05, 0.1) is 6.54 Å². The van der Waals surface area contributed by atoms with Gasteiger partial charge in [0.25, 0.3) is 0 Å². The van der Waals surface area contributed by atoms with Gasteiger partial charge in [-0.05, 0) is 66.3 Å². The number of aromatic hydroxyl groups is 1. The Kier molecular flexibility index (Phi) is 6.12. The summed E-state index contributed by atoms with van der Waals surface area (Å²) in [6, 6.07) is 9.82. The molecule has 0 unspecified atom stereocenters. The van der Waals surface area contributed by atoms with Gasteiger partial charge in [-0.3, -0.25) is 4.79 Å². The molecule has 0 radical (unpaired) electrons. The van der Waals surface area contributed by atoms with Crippen LogP contribution in [0.15, 0.2) is 30.3 Å². The van der Waals surface area contributed by atoms with Crippen LogP contribution >= 0.6 is 12.4 Å². The zero-order valence-electron chi connectivity index (χ0n) is 16.9. The summed E-state index contributed by atoms with van der Waals surface area (Å²) in [5.74, 6) is 0.138. The lowest BCUT2D eigenvalue weighted by Crippen LogP contribution is -2.21. The van der Waals surface area contributed by atoms with Crippen molar-refractivity contribution in [3.05, 3.63) is 47.0 Å². The Bertz CT molecular complexity index is 1030. The third kappa shape index (κ3) is 4.01. The topological polar surface area (TPSA) is 91.1 Å². The molecule has 3 rings (SSSR count). The van der Waals surface area contributed by atoms with Crippen molar-refractivity contribution in [1.29, 1.82) is 0 Å². The van der Waals surface area contributed by atoms with Gasteiger partial charge in [-0.25, -0.2) is 0 Å². The molecule has 5 N–H and O–H groups in total. The molecule has 0 fully saturated rings. The maximum atomic E-state index is 11.6. The summed E-state index contributed by atoms with van der Waals surface area (Å²) in [7, 11) is 0. The smallest absolute Gasteiger partial charge is 0.238 e. The van der Waals surface area contributed by atoms with Gasteiger partial charge in [0.2, 0.25) is 5.91 Å². The van der Waals surface area contributed by atoms with Gasteiger partial charge < -0.3 is 21.1 Å². The maximum absolute atomic E-state index is 11.6. The number of phenols is 1. The lowest BCUT2D eigenvalue weighted by molar-refractivity contribution is -0.114. The standard InChI is InChI=1S/C22H27N3O2.ClH/c1-12-8-14(9-17(21(12)27)22(3,4)5)20-13(2)16-10-15(24-19(26)11-23)6-7-18(16)25-20;/h6-10,25,27H,11,23H2,1-5H3,(H,24,26);1H. The molecular formula is C22H28ClN3O2. The van der Waals surface area contributed by atoms with E-state index in [1.54, 1.807) is 0 Å². The highest BCUT2D eigenvalue weighted by molar-refractivity contribution is 5.97. The molecule has 0 bridgehead atoms. The van der Waals surface area contributed by atoms with E-state index in [4.69, 9.17) is 5.73 Å². The number of amides is 1. The molecular weight excluding hydrogens is 374 g/mol. The van der Waals surface area contributed by atoms with Crippen molar-refractivity contribution in [2.75, 3.05) is 11.9 Å². The lowest BCUT2D eigenvalue weighted by atomic mass is 9.83. The molecule has 0 atom stereocenters. The van der Waals surface area contributed by atoms with Gasteiger partial charge in [-0.2, -0.15) is 0 Å². The van der Waals surface area contributed by atoms with E-state index in [1.165, 1.54) is 0 Å². The minimum Gasteiger partial charge on any atom is -0.507 e. The number of aromatic amines is 1.